The molecule has 0 saturated carbocycles. The number of rotatable bonds is 3. The molecule has 1 aromatic rings. The van der Waals surface area contributed by atoms with Gasteiger partial charge in [0.2, 0.25) is 0 Å². The quantitative estimate of drug-likeness (QED) is 0.871. The standard InChI is InChI=1S/C15H19NO3S/c1-10-7-8-16(13(9-10)15(18)19)14(17)11-3-5-12(20-2)6-4-11/h3-6,10,13H,7-9H2,1-2H3,(H,18,19). The van der Waals surface area contributed by atoms with Crippen LogP contribution in [0.3, 0.4) is 0 Å². The molecule has 0 aliphatic carbocycles. The third-order valence-corrected chi connectivity index (χ3v) is 4.49. The zero-order valence-corrected chi connectivity index (χ0v) is 12.5. The number of carboxylic acids is 1. The van der Waals surface area contributed by atoms with E-state index in [1.54, 1.807) is 23.9 Å². The first-order valence-electron chi connectivity index (χ1n) is 6.70. The summed E-state index contributed by atoms with van der Waals surface area (Å²) >= 11 is 1.61. The number of aliphatic carboxylic acids is 1. The molecular weight excluding hydrogens is 274 g/mol. The predicted molar refractivity (Wildman–Crippen MR) is 79.1 cm³/mol. The minimum absolute atomic E-state index is 0.183. The molecule has 1 heterocycles. The van der Waals surface area contributed by atoms with E-state index in [1.807, 2.05) is 25.3 Å². The number of nitrogens with zero attached hydrogens (tertiary/aromatic N) is 1. The van der Waals surface area contributed by atoms with Crippen molar-refractivity contribution in [3.63, 3.8) is 0 Å². The Labute approximate surface area is 123 Å². The molecule has 1 aliphatic heterocycles. The van der Waals surface area contributed by atoms with Gasteiger partial charge >= 0.3 is 5.97 Å². The molecule has 0 aromatic heterocycles. The first-order valence-corrected chi connectivity index (χ1v) is 7.93. The van der Waals surface area contributed by atoms with Crippen LogP contribution >= 0.6 is 11.8 Å². The van der Waals surface area contributed by atoms with E-state index in [0.717, 1.165) is 11.3 Å². The first kappa shape index (κ1) is 14.9. The van der Waals surface area contributed by atoms with Gasteiger partial charge in [0.1, 0.15) is 6.04 Å². The number of hydrogen-bond donors (Lipinski definition) is 1. The molecule has 1 N–H and O–H groups in total. The maximum Gasteiger partial charge on any atom is 0.326 e. The molecule has 1 amide bonds. The first-order chi connectivity index (χ1) is 9.52. The number of carboxylic acid groups (broad SMARTS) is 1. The summed E-state index contributed by atoms with van der Waals surface area (Å²) < 4.78 is 0. The van der Waals surface area contributed by atoms with Crippen LogP contribution in [-0.2, 0) is 4.79 Å². The summed E-state index contributed by atoms with van der Waals surface area (Å²) in [5.74, 6) is -0.749. The Bertz CT molecular complexity index is 500. The molecule has 0 radical (unpaired) electrons. The SMILES string of the molecule is CSc1ccc(C(=O)N2CCC(C)CC2C(=O)O)cc1. The van der Waals surface area contributed by atoms with Crippen molar-refractivity contribution in [1.29, 1.82) is 0 Å². The molecule has 1 aliphatic rings. The van der Waals surface area contributed by atoms with Gasteiger partial charge in [-0.05, 0) is 49.3 Å². The van der Waals surface area contributed by atoms with Crippen molar-refractivity contribution >= 4 is 23.6 Å². The summed E-state index contributed by atoms with van der Waals surface area (Å²) in [6.45, 7) is 2.55. The van der Waals surface area contributed by atoms with Gasteiger partial charge in [0.05, 0.1) is 0 Å². The Morgan fingerprint density at radius 3 is 2.50 bits per heavy atom. The third-order valence-electron chi connectivity index (χ3n) is 3.75. The molecule has 0 spiro atoms. The third kappa shape index (κ3) is 3.15. The van der Waals surface area contributed by atoms with Gasteiger partial charge in [0.25, 0.3) is 5.91 Å². The van der Waals surface area contributed by atoms with Crippen molar-refractivity contribution in [3.8, 4) is 0 Å². The lowest BCUT2D eigenvalue weighted by Gasteiger charge is -2.36. The van der Waals surface area contributed by atoms with E-state index in [4.69, 9.17) is 0 Å². The van der Waals surface area contributed by atoms with E-state index in [1.165, 1.54) is 4.90 Å². The van der Waals surface area contributed by atoms with Crippen LogP contribution in [0.4, 0.5) is 0 Å². The van der Waals surface area contributed by atoms with E-state index < -0.39 is 12.0 Å². The van der Waals surface area contributed by atoms with Gasteiger partial charge in [0.15, 0.2) is 0 Å². The lowest BCUT2D eigenvalue weighted by molar-refractivity contribution is -0.144. The van der Waals surface area contributed by atoms with Gasteiger partial charge in [-0.2, -0.15) is 0 Å². The van der Waals surface area contributed by atoms with Gasteiger partial charge < -0.3 is 10.0 Å². The number of carbonyl (C=O) groups is 2. The maximum atomic E-state index is 12.5. The van der Waals surface area contributed by atoms with Crippen molar-refractivity contribution in [2.24, 2.45) is 5.92 Å². The van der Waals surface area contributed by atoms with Gasteiger partial charge in [0, 0.05) is 17.0 Å². The minimum Gasteiger partial charge on any atom is -0.480 e. The Morgan fingerprint density at radius 2 is 1.95 bits per heavy atom. The molecule has 0 bridgehead atoms. The van der Waals surface area contributed by atoms with Crippen LogP contribution in [0.25, 0.3) is 0 Å². The van der Waals surface area contributed by atoms with Crippen LogP contribution in [0.1, 0.15) is 30.1 Å². The zero-order valence-electron chi connectivity index (χ0n) is 11.7. The topological polar surface area (TPSA) is 57.6 Å². The highest BCUT2D eigenvalue weighted by Crippen LogP contribution is 2.25. The van der Waals surface area contributed by atoms with Crippen LogP contribution in [-0.4, -0.2) is 40.7 Å². The number of benzene rings is 1. The molecule has 1 fully saturated rings. The summed E-state index contributed by atoms with van der Waals surface area (Å²) in [5.41, 5.74) is 0.559. The van der Waals surface area contributed by atoms with Crippen LogP contribution in [0.2, 0.25) is 0 Å². The average molecular weight is 293 g/mol. The number of hydrogen-bond acceptors (Lipinski definition) is 3. The van der Waals surface area contributed by atoms with E-state index >= 15 is 0 Å². The number of thioether (sulfide) groups is 1. The molecule has 108 valence electrons. The highest BCUT2D eigenvalue weighted by Gasteiger charge is 2.35. The van der Waals surface area contributed by atoms with Crippen molar-refractivity contribution < 1.29 is 14.7 Å². The lowest BCUT2D eigenvalue weighted by atomic mass is 9.92. The second-order valence-electron chi connectivity index (χ2n) is 5.21. The molecule has 2 rings (SSSR count). The van der Waals surface area contributed by atoms with Gasteiger partial charge in [-0.15, -0.1) is 11.8 Å². The van der Waals surface area contributed by atoms with E-state index in [0.29, 0.717) is 24.4 Å². The summed E-state index contributed by atoms with van der Waals surface area (Å²) in [4.78, 5) is 26.4. The second kappa shape index (κ2) is 6.31. The second-order valence-corrected chi connectivity index (χ2v) is 6.09. The number of carbonyl (C=O) groups excluding carboxylic acids is 1. The van der Waals surface area contributed by atoms with Gasteiger partial charge in [-0.1, -0.05) is 6.92 Å². The molecule has 2 unspecified atom stereocenters. The molecule has 20 heavy (non-hydrogen) atoms. The predicted octanol–water partition coefficient (Wildman–Crippen LogP) is 2.73. The van der Waals surface area contributed by atoms with E-state index in [-0.39, 0.29) is 5.91 Å². The van der Waals surface area contributed by atoms with Gasteiger partial charge in [-0.25, -0.2) is 4.79 Å². The smallest absolute Gasteiger partial charge is 0.326 e. The Hall–Kier alpha value is -1.49. The lowest BCUT2D eigenvalue weighted by Crippen LogP contribution is -2.49. The van der Waals surface area contributed by atoms with Crippen molar-refractivity contribution in [1.82, 2.24) is 4.90 Å². The number of likely N-dealkylation sites (tertiary alicyclic amines) is 1. The monoisotopic (exact) mass is 293 g/mol. The Kier molecular flexibility index (Phi) is 4.70. The summed E-state index contributed by atoms with van der Waals surface area (Å²) in [6, 6.07) is 6.61. The Balaban J connectivity index is 2.19. The van der Waals surface area contributed by atoms with Crippen LogP contribution in [0, 0.1) is 5.92 Å². The normalized spacial score (nSPS) is 22.6. The zero-order chi connectivity index (χ0) is 14.7. The largest absolute Gasteiger partial charge is 0.480 e. The van der Waals surface area contributed by atoms with Crippen LogP contribution in [0.5, 0.6) is 0 Å². The van der Waals surface area contributed by atoms with Crippen molar-refractivity contribution in [2.75, 3.05) is 12.8 Å². The van der Waals surface area contributed by atoms with Crippen LogP contribution in [0.15, 0.2) is 29.2 Å². The highest BCUT2D eigenvalue weighted by molar-refractivity contribution is 7.98. The summed E-state index contributed by atoms with van der Waals surface area (Å²) in [7, 11) is 0. The van der Waals surface area contributed by atoms with Crippen molar-refractivity contribution in [2.45, 2.75) is 30.7 Å². The molecule has 5 heteroatoms. The molecular formula is C15H19NO3S. The fourth-order valence-corrected chi connectivity index (χ4v) is 2.93. The Morgan fingerprint density at radius 1 is 1.30 bits per heavy atom. The molecule has 2 atom stereocenters. The number of piperidine rings is 1. The highest BCUT2D eigenvalue weighted by atomic mass is 32.2. The minimum atomic E-state index is -0.911. The summed E-state index contributed by atoms with van der Waals surface area (Å²) in [5, 5.41) is 9.31. The molecule has 4 nitrogen and oxygen atoms in total. The maximum absolute atomic E-state index is 12.5. The number of amides is 1. The van der Waals surface area contributed by atoms with Gasteiger partial charge in [-0.3, -0.25) is 4.79 Å². The van der Waals surface area contributed by atoms with Crippen LogP contribution < -0.4 is 0 Å². The fourth-order valence-electron chi connectivity index (χ4n) is 2.52. The summed E-state index contributed by atoms with van der Waals surface area (Å²) in [6.07, 6.45) is 3.37. The molecule has 1 saturated heterocycles. The fraction of sp³-hybridized carbons (Fsp3) is 0.467. The van der Waals surface area contributed by atoms with Crippen molar-refractivity contribution in [3.05, 3.63) is 29.8 Å². The van der Waals surface area contributed by atoms with E-state index in [9.17, 15) is 14.7 Å². The average Bonchev–Trinajstić information content (AvgIpc) is 2.46. The molecule has 1 aromatic carbocycles. The van der Waals surface area contributed by atoms with E-state index in [2.05, 4.69) is 0 Å².